The van der Waals surface area contributed by atoms with E-state index in [2.05, 4.69) is 10.3 Å². The lowest BCUT2D eigenvalue weighted by atomic mass is 10.3. The van der Waals surface area contributed by atoms with Crippen molar-refractivity contribution in [2.45, 2.75) is 19.8 Å². The number of hydrogen-bond donors (Lipinski definition) is 1. The van der Waals surface area contributed by atoms with Crippen LogP contribution in [0.4, 0.5) is 0 Å². The van der Waals surface area contributed by atoms with Crippen molar-refractivity contribution in [1.82, 2.24) is 10.3 Å². The monoisotopic (exact) mass is 324 g/mol. The molecule has 0 unspecified atom stereocenters. The van der Waals surface area contributed by atoms with Gasteiger partial charge in [-0.3, -0.25) is 9.59 Å². The zero-order valence-electron chi connectivity index (χ0n) is 11.6. The first-order valence-corrected chi connectivity index (χ1v) is 8.40. The Kier molecular flexibility index (Phi) is 5.89. The van der Waals surface area contributed by atoms with Crippen molar-refractivity contribution in [2.24, 2.45) is 0 Å². The molecule has 0 saturated carbocycles. The maximum Gasteiger partial charge on any atom is 0.307 e. The zero-order chi connectivity index (χ0) is 15.1. The van der Waals surface area contributed by atoms with Gasteiger partial charge < -0.3 is 10.1 Å². The van der Waals surface area contributed by atoms with Crippen molar-refractivity contribution in [3.8, 4) is 10.6 Å². The van der Waals surface area contributed by atoms with Crippen LogP contribution in [0.25, 0.3) is 10.6 Å². The molecule has 21 heavy (non-hydrogen) atoms. The van der Waals surface area contributed by atoms with Crippen LogP contribution in [0.15, 0.2) is 22.2 Å². The number of rotatable bonds is 7. The van der Waals surface area contributed by atoms with E-state index in [1.165, 1.54) is 11.3 Å². The first-order chi connectivity index (χ1) is 10.2. The third-order valence-corrected chi connectivity index (χ3v) is 4.24. The number of nitrogens with one attached hydrogen (secondary N) is 1. The van der Waals surface area contributed by atoms with Crippen molar-refractivity contribution >= 4 is 34.6 Å². The van der Waals surface area contributed by atoms with E-state index in [1.54, 1.807) is 18.3 Å². The summed E-state index contributed by atoms with van der Waals surface area (Å²) in [4.78, 5) is 27.3. The van der Waals surface area contributed by atoms with Crippen LogP contribution in [0.3, 0.4) is 0 Å². The van der Waals surface area contributed by atoms with Crippen molar-refractivity contribution in [3.63, 3.8) is 0 Å². The van der Waals surface area contributed by atoms with Gasteiger partial charge in [0.05, 0.1) is 25.1 Å². The summed E-state index contributed by atoms with van der Waals surface area (Å²) in [6.45, 7) is 2.40. The molecular formula is C14H16N2O3S2. The predicted octanol–water partition coefficient (Wildman–Crippen LogP) is 2.48. The highest BCUT2D eigenvalue weighted by atomic mass is 32.1. The van der Waals surface area contributed by atoms with E-state index in [1.807, 2.05) is 22.2 Å². The van der Waals surface area contributed by atoms with Crippen LogP contribution in [-0.2, 0) is 20.7 Å². The average Bonchev–Trinajstić information content (AvgIpc) is 3.09. The third-order valence-electron chi connectivity index (χ3n) is 2.62. The Hall–Kier alpha value is -1.73. The first kappa shape index (κ1) is 15.7. The number of hydrogen-bond acceptors (Lipinski definition) is 6. The molecule has 5 nitrogen and oxygen atoms in total. The second-order valence-electron chi connectivity index (χ2n) is 4.24. The van der Waals surface area contributed by atoms with Gasteiger partial charge in [0.15, 0.2) is 0 Å². The summed E-state index contributed by atoms with van der Waals surface area (Å²) >= 11 is 3.14. The summed E-state index contributed by atoms with van der Waals surface area (Å²) in [5.41, 5.74) is 1.83. The summed E-state index contributed by atoms with van der Waals surface area (Å²) in [5, 5.41) is 9.53. The Bertz CT molecular complexity index is 593. The van der Waals surface area contributed by atoms with E-state index in [0.717, 1.165) is 16.3 Å². The van der Waals surface area contributed by atoms with Crippen LogP contribution >= 0.6 is 22.7 Å². The molecule has 0 aliphatic carbocycles. The number of carbonyl (C=O) groups excluding carboxylic acids is 2. The van der Waals surface area contributed by atoms with E-state index in [0.29, 0.717) is 13.2 Å². The Morgan fingerprint density at radius 3 is 2.95 bits per heavy atom. The molecule has 0 aromatic carbocycles. The highest BCUT2D eigenvalue weighted by Gasteiger charge is 2.10. The summed E-state index contributed by atoms with van der Waals surface area (Å²) in [5.74, 6) is -0.437. The van der Waals surface area contributed by atoms with Crippen molar-refractivity contribution in [1.29, 1.82) is 0 Å². The molecule has 2 heterocycles. The summed E-state index contributed by atoms with van der Waals surface area (Å²) in [6, 6.07) is 2.01. The molecule has 7 heteroatoms. The van der Waals surface area contributed by atoms with Crippen LogP contribution in [0.1, 0.15) is 19.0 Å². The number of ether oxygens (including phenoxy) is 1. The summed E-state index contributed by atoms with van der Waals surface area (Å²) in [6.07, 6.45) is 0.417. The molecule has 1 N–H and O–H groups in total. The zero-order valence-corrected chi connectivity index (χ0v) is 13.3. The standard InChI is InChI=1S/C14H16N2O3S2/c1-2-19-13(18)3-5-15-12(17)7-11-9-21-14(16-11)10-4-6-20-8-10/h4,6,8-9H,2-3,5,7H2,1H3,(H,15,17). The van der Waals surface area contributed by atoms with Gasteiger partial charge in [0.2, 0.25) is 5.91 Å². The molecule has 1 amide bonds. The fraction of sp³-hybridized carbons (Fsp3) is 0.357. The number of aromatic nitrogens is 1. The molecule has 0 atom stereocenters. The predicted molar refractivity (Wildman–Crippen MR) is 83.4 cm³/mol. The minimum atomic E-state index is -0.300. The number of thiophene rings is 1. The largest absolute Gasteiger partial charge is 0.466 e. The Balaban J connectivity index is 1.77. The van der Waals surface area contributed by atoms with Gasteiger partial charge in [-0.2, -0.15) is 11.3 Å². The van der Waals surface area contributed by atoms with Gasteiger partial charge >= 0.3 is 5.97 Å². The Morgan fingerprint density at radius 1 is 1.38 bits per heavy atom. The minimum Gasteiger partial charge on any atom is -0.466 e. The van der Waals surface area contributed by atoms with Crippen LogP contribution in [0.5, 0.6) is 0 Å². The van der Waals surface area contributed by atoms with Gasteiger partial charge in [0.25, 0.3) is 0 Å². The Labute approximate surface area is 131 Å². The maximum atomic E-state index is 11.8. The molecule has 0 saturated heterocycles. The highest BCUT2D eigenvalue weighted by Crippen LogP contribution is 2.25. The van der Waals surface area contributed by atoms with E-state index in [9.17, 15) is 9.59 Å². The molecule has 0 aliphatic heterocycles. The number of amides is 1. The first-order valence-electron chi connectivity index (χ1n) is 6.58. The molecule has 2 aromatic rings. The van der Waals surface area contributed by atoms with Gasteiger partial charge in [-0.15, -0.1) is 11.3 Å². The van der Waals surface area contributed by atoms with Gasteiger partial charge in [0, 0.05) is 22.9 Å². The van der Waals surface area contributed by atoms with Crippen LogP contribution in [0, 0.1) is 0 Å². The number of thiazole rings is 1. The SMILES string of the molecule is CCOC(=O)CCNC(=O)Cc1csc(-c2ccsc2)n1. The van der Waals surface area contributed by atoms with E-state index in [-0.39, 0.29) is 24.7 Å². The summed E-state index contributed by atoms with van der Waals surface area (Å²) in [7, 11) is 0. The lowest BCUT2D eigenvalue weighted by Crippen LogP contribution is -2.28. The smallest absolute Gasteiger partial charge is 0.307 e. The Morgan fingerprint density at radius 2 is 2.24 bits per heavy atom. The van der Waals surface area contributed by atoms with E-state index >= 15 is 0 Å². The minimum absolute atomic E-state index is 0.138. The van der Waals surface area contributed by atoms with Gasteiger partial charge in [-0.1, -0.05) is 0 Å². The second-order valence-corrected chi connectivity index (χ2v) is 5.88. The van der Waals surface area contributed by atoms with E-state index in [4.69, 9.17) is 4.74 Å². The molecular weight excluding hydrogens is 308 g/mol. The van der Waals surface area contributed by atoms with Crippen molar-refractivity contribution < 1.29 is 14.3 Å². The molecule has 112 valence electrons. The van der Waals surface area contributed by atoms with Crippen LogP contribution in [0.2, 0.25) is 0 Å². The maximum absolute atomic E-state index is 11.8. The second kappa shape index (κ2) is 7.90. The van der Waals surface area contributed by atoms with Crippen molar-refractivity contribution in [3.05, 3.63) is 27.9 Å². The quantitative estimate of drug-likeness (QED) is 0.795. The van der Waals surface area contributed by atoms with E-state index < -0.39 is 0 Å². The van der Waals surface area contributed by atoms with Gasteiger partial charge in [-0.05, 0) is 18.4 Å². The fourth-order valence-electron chi connectivity index (χ4n) is 1.67. The van der Waals surface area contributed by atoms with Crippen molar-refractivity contribution in [2.75, 3.05) is 13.2 Å². The topological polar surface area (TPSA) is 68.3 Å². The molecule has 2 rings (SSSR count). The molecule has 0 fully saturated rings. The molecule has 0 bridgehead atoms. The number of esters is 1. The molecule has 0 radical (unpaired) electrons. The molecule has 2 aromatic heterocycles. The van der Waals surface area contributed by atoms with Gasteiger partial charge in [0.1, 0.15) is 5.01 Å². The normalized spacial score (nSPS) is 10.3. The summed E-state index contributed by atoms with van der Waals surface area (Å²) < 4.78 is 4.79. The number of carbonyl (C=O) groups is 2. The number of nitrogens with zero attached hydrogens (tertiary/aromatic N) is 1. The lowest BCUT2D eigenvalue weighted by molar-refractivity contribution is -0.143. The third kappa shape index (κ3) is 4.95. The molecule has 0 spiro atoms. The van der Waals surface area contributed by atoms with Gasteiger partial charge in [-0.25, -0.2) is 4.98 Å². The fourth-order valence-corrected chi connectivity index (χ4v) is 3.20. The highest BCUT2D eigenvalue weighted by molar-refractivity contribution is 7.14. The average molecular weight is 324 g/mol. The van der Waals surface area contributed by atoms with Crippen LogP contribution < -0.4 is 5.32 Å². The lowest BCUT2D eigenvalue weighted by Gasteiger charge is -2.03. The van der Waals surface area contributed by atoms with Crippen LogP contribution in [-0.4, -0.2) is 30.0 Å². The molecule has 0 aliphatic rings.